The number of carbonyl (C=O) groups is 2. The molecule has 0 saturated heterocycles. The number of aromatic nitrogens is 1. The fraction of sp³-hybridized carbons (Fsp3) is 0.476. The number of Topliss-reactive ketones (excluding diaryl/α,β-unsaturated/α-hetero) is 2. The van der Waals surface area contributed by atoms with Crippen LogP contribution in [0.3, 0.4) is 0 Å². The molecule has 16 heteroatoms. The van der Waals surface area contributed by atoms with Crippen LogP contribution in [0.25, 0.3) is 10.8 Å². The first kappa shape index (κ1) is 68.8. The summed E-state index contributed by atoms with van der Waals surface area (Å²) in [7, 11) is 1.45. The number of ketones is 2. The number of aromatic hydroxyl groups is 3. The lowest BCUT2D eigenvalue weighted by Gasteiger charge is -2.42. The molecule has 0 radical (unpaired) electrons. The van der Waals surface area contributed by atoms with Crippen LogP contribution < -0.4 is 20.7 Å². The van der Waals surface area contributed by atoms with E-state index in [0.717, 1.165) is 59.0 Å². The molecule has 14 rings (SSSR count). The first-order valence-electron chi connectivity index (χ1n) is 36.4. The molecular formula is C84H94N4O12. The van der Waals surface area contributed by atoms with Crippen LogP contribution in [0.4, 0.5) is 5.69 Å². The summed E-state index contributed by atoms with van der Waals surface area (Å²) in [5.41, 5.74) is 8.05. The molecule has 18 atom stereocenters. The highest BCUT2D eigenvalue weighted by Crippen LogP contribution is 2.52. The molecule has 522 valence electrons. The highest BCUT2D eigenvalue weighted by Gasteiger charge is 2.49. The van der Waals surface area contributed by atoms with Gasteiger partial charge >= 0.3 is 0 Å². The quantitative estimate of drug-likeness (QED) is 0.0444. The summed E-state index contributed by atoms with van der Waals surface area (Å²) in [5, 5.41) is 122. The van der Waals surface area contributed by atoms with Gasteiger partial charge in [0.25, 0.3) is 0 Å². The van der Waals surface area contributed by atoms with Gasteiger partial charge in [-0.15, -0.1) is 0 Å². The van der Waals surface area contributed by atoms with Gasteiger partial charge in [0, 0.05) is 97.9 Å². The van der Waals surface area contributed by atoms with Gasteiger partial charge in [-0.1, -0.05) is 116 Å². The Morgan fingerprint density at radius 1 is 0.720 bits per heavy atom. The Kier molecular flexibility index (Phi) is 20.4. The van der Waals surface area contributed by atoms with Gasteiger partial charge in [-0.25, -0.2) is 0 Å². The number of nitrogens with one attached hydrogen (secondary N) is 4. The zero-order valence-corrected chi connectivity index (χ0v) is 57.0. The Morgan fingerprint density at radius 2 is 1.53 bits per heavy atom. The smallest absolute Gasteiger partial charge is 0.173 e. The van der Waals surface area contributed by atoms with Crippen LogP contribution in [-0.2, 0) is 35.3 Å². The number of dihydropyridines is 1. The van der Waals surface area contributed by atoms with E-state index in [-0.39, 0.29) is 86.4 Å². The van der Waals surface area contributed by atoms with Crippen LogP contribution >= 0.6 is 0 Å². The number of rotatable bonds is 4. The van der Waals surface area contributed by atoms with Gasteiger partial charge in [0.15, 0.2) is 35.5 Å². The number of H-pyrrole nitrogens is 1. The molecule has 2 aliphatic heterocycles. The molecule has 17 bridgehead atoms. The predicted molar refractivity (Wildman–Crippen MR) is 382 cm³/mol. The van der Waals surface area contributed by atoms with E-state index < -0.39 is 101 Å². The van der Waals surface area contributed by atoms with Crippen LogP contribution in [0.15, 0.2) is 126 Å². The molecule has 100 heavy (non-hydrogen) atoms. The Labute approximate surface area is 585 Å². The average molecular weight is 1350 g/mol. The molecule has 0 spiro atoms. The van der Waals surface area contributed by atoms with Crippen LogP contribution in [0.1, 0.15) is 146 Å². The monoisotopic (exact) mass is 1350 g/mol. The lowest BCUT2D eigenvalue weighted by Crippen LogP contribution is -2.40. The lowest BCUT2D eigenvalue weighted by atomic mass is 9.63. The maximum absolute atomic E-state index is 16.0. The van der Waals surface area contributed by atoms with E-state index in [1.54, 1.807) is 30.3 Å². The van der Waals surface area contributed by atoms with Crippen molar-refractivity contribution in [2.75, 3.05) is 32.1 Å². The predicted octanol–water partition coefficient (Wildman–Crippen LogP) is 10.1. The number of carbonyl (C=O) groups excluding carboxylic acids is 2. The summed E-state index contributed by atoms with van der Waals surface area (Å²) in [6.45, 7) is 3.23. The number of aryl methyl sites for hydroxylation is 1. The molecular weight excluding hydrogens is 1260 g/mol. The number of hydrogen-bond acceptors (Lipinski definition) is 15. The van der Waals surface area contributed by atoms with Gasteiger partial charge in [0.2, 0.25) is 0 Å². The standard InChI is InChI=1S/C84H94N4O12/c1-46-43-85-45-62(90)36-54-17-16-50-18-22-59(40-72(50)80(54)95)88-83-68-12-6-7-47-13-14-48(29-47)15-23-64(76(93)41-60-35-58(46)44-87-60)56-34-57-33-52-19-24-66(70-42-77(94)78(100-2)39-53(70)21-26-75(92)82(97)81(96)71(52)37-56)65-11-4-3-10-63(65)55-32-51(20-25-74(91)79(57)67(68)27-28-86-83)69(73(38-55)84(98)99)31-49-8-5-9-61(89)30-49/h3-5,8-11,16-18,22,27,30,35,39-40,42,44,46-48,51-52,55-57,62,64,66,69,71,73-74,76,79,82,84-91,93-95,97-99H,7,13-15,21,23,26,28-29,31-34,36-38,41,43,45H2,1-2H3. The molecule has 5 aromatic carbocycles. The van der Waals surface area contributed by atoms with E-state index in [1.807, 2.05) is 66.9 Å². The van der Waals surface area contributed by atoms with Crippen LogP contribution in [0, 0.1) is 101 Å². The summed E-state index contributed by atoms with van der Waals surface area (Å²) < 4.78 is 5.72. The zero-order valence-electron chi connectivity index (χ0n) is 57.0. The molecule has 3 heterocycles. The van der Waals surface area contributed by atoms with Crippen molar-refractivity contribution in [1.82, 2.24) is 15.6 Å². The average Bonchev–Trinajstić information content (AvgIpc) is 1.02. The number of allylic oxidation sites excluding steroid dienone is 1. The molecule has 18 unspecified atom stereocenters. The van der Waals surface area contributed by atoms with Gasteiger partial charge in [-0.05, 0) is 204 Å². The second-order valence-electron chi connectivity index (χ2n) is 30.3. The number of methoxy groups -OCH3 is 1. The molecule has 6 aromatic rings. The van der Waals surface area contributed by atoms with Crippen LogP contribution in [-0.4, -0.2) is 120 Å². The van der Waals surface area contributed by atoms with Gasteiger partial charge in [-0.3, -0.25) is 9.59 Å². The Morgan fingerprint density at radius 3 is 2.36 bits per heavy atom. The number of aliphatic hydroxyl groups excluding tert-OH is 5. The fourth-order valence-electron chi connectivity index (χ4n) is 18.8. The van der Waals surface area contributed by atoms with E-state index in [4.69, 9.17) is 4.74 Å². The Bertz CT molecular complexity index is 4330. The highest BCUT2D eigenvalue weighted by atomic mass is 16.5. The number of phenols is 3. The van der Waals surface area contributed by atoms with Gasteiger partial charge < -0.3 is 71.6 Å². The summed E-state index contributed by atoms with van der Waals surface area (Å²) in [6.07, 6.45) is 4.11. The molecule has 1 aromatic heterocycles. The fourth-order valence-corrected chi connectivity index (χ4v) is 18.8. The van der Waals surface area contributed by atoms with Gasteiger partial charge in [0.05, 0.1) is 30.8 Å². The third-order valence-corrected chi connectivity index (χ3v) is 24.0. The number of phenolic OH excluding ortho intramolecular Hbond substituents is 3. The van der Waals surface area contributed by atoms with Gasteiger partial charge in [-0.2, -0.15) is 0 Å². The van der Waals surface area contributed by atoms with E-state index >= 15 is 4.79 Å². The third kappa shape index (κ3) is 14.5. The number of benzene rings is 5. The lowest BCUT2D eigenvalue weighted by molar-refractivity contribution is -0.142. The van der Waals surface area contributed by atoms with Crippen molar-refractivity contribution in [3.05, 3.63) is 171 Å². The summed E-state index contributed by atoms with van der Waals surface area (Å²) in [5.74, 6) is 15.0. The Balaban J connectivity index is 1.03. The number of aliphatic hydroxyl groups is 6. The van der Waals surface area contributed by atoms with E-state index in [9.17, 15) is 50.8 Å². The van der Waals surface area contributed by atoms with E-state index in [0.29, 0.717) is 102 Å². The summed E-state index contributed by atoms with van der Waals surface area (Å²) >= 11 is 0. The third-order valence-electron chi connectivity index (χ3n) is 24.0. The topological polar surface area (TPSA) is 277 Å². The SMILES string of the molecule is COc1cc2c(cc1O)C1C#CC3CC4CC(CC3C(=O)C(O)C(=O)CC2)C2CCC3CCC(CC#CC5=C(NCC=C5C4C(O)C#CC4CC(CC(C(O)O)C4Cc4cccc(O)c4)c4ccccc41)Nc1ccc4ccc(c(O)c4c1)CC(O)CNCC(C)c1c[nH]c(c1)CC2O)C3. The minimum absolute atomic E-state index is 0.00762. The zero-order chi connectivity index (χ0) is 69.5. The van der Waals surface area contributed by atoms with Crippen LogP contribution in [0.5, 0.6) is 23.0 Å². The number of anilines is 1. The Hall–Kier alpha value is -8.34. The number of ether oxygens (including phenoxy) is 1. The minimum Gasteiger partial charge on any atom is -0.508 e. The van der Waals surface area contributed by atoms with Crippen molar-refractivity contribution in [2.45, 2.75) is 158 Å². The molecule has 3 fully saturated rings. The molecule has 16 nitrogen and oxygen atoms in total. The minimum atomic E-state index is -2.01. The first-order chi connectivity index (χ1) is 48.4. The van der Waals surface area contributed by atoms with Gasteiger partial charge in [0.1, 0.15) is 23.4 Å². The number of hydrogen-bond donors (Lipinski definition) is 13. The van der Waals surface area contributed by atoms with Crippen molar-refractivity contribution in [2.24, 2.45) is 65.1 Å². The highest BCUT2D eigenvalue weighted by molar-refractivity contribution is 6.06. The molecule has 6 aliphatic carbocycles. The van der Waals surface area contributed by atoms with Crippen molar-refractivity contribution in [3.63, 3.8) is 0 Å². The molecule has 0 amide bonds. The summed E-state index contributed by atoms with van der Waals surface area (Å²) in [6, 6.07) is 30.0. The van der Waals surface area contributed by atoms with Crippen LogP contribution in [0.2, 0.25) is 0 Å². The van der Waals surface area contributed by atoms with Crippen molar-refractivity contribution >= 4 is 28.0 Å². The normalized spacial score (nSPS) is 31.7. The number of β-amino-alcohol motifs (C(OH)–C–C–N with tert-alkyl or cyclic N) is 1. The first-order valence-corrected chi connectivity index (χ1v) is 36.4. The maximum atomic E-state index is 16.0. The molecule has 13 N–H and O–H groups in total. The van der Waals surface area contributed by atoms with E-state index in [2.05, 4.69) is 75.5 Å². The summed E-state index contributed by atoms with van der Waals surface area (Å²) in [4.78, 5) is 34.4. The second-order valence-corrected chi connectivity index (χ2v) is 30.3. The molecule has 8 aliphatic rings. The van der Waals surface area contributed by atoms with Crippen molar-refractivity contribution in [1.29, 1.82) is 0 Å². The largest absolute Gasteiger partial charge is 0.508 e. The molecule has 3 saturated carbocycles. The maximum Gasteiger partial charge on any atom is 0.173 e. The number of aromatic amines is 1. The second kappa shape index (κ2) is 29.7. The van der Waals surface area contributed by atoms with Crippen molar-refractivity contribution in [3.8, 4) is 58.5 Å². The van der Waals surface area contributed by atoms with Crippen molar-refractivity contribution < 1.29 is 60.3 Å². The van der Waals surface area contributed by atoms with E-state index in [1.165, 1.54) is 7.11 Å². The number of fused-ring (bicyclic) bond motifs is 14.